The van der Waals surface area contributed by atoms with Gasteiger partial charge in [-0.2, -0.15) is 0 Å². The number of carbonyl (C=O) groups is 3. The van der Waals surface area contributed by atoms with Gasteiger partial charge >= 0.3 is 11.9 Å². The van der Waals surface area contributed by atoms with Crippen LogP contribution in [0, 0.1) is 23.6 Å². The first-order valence-corrected chi connectivity index (χ1v) is 7.08. The number of carbonyl (C=O) groups excluding carboxylic acids is 1. The molecule has 1 aromatic rings. The van der Waals surface area contributed by atoms with E-state index < -0.39 is 53.0 Å². The summed E-state index contributed by atoms with van der Waals surface area (Å²) in [5.74, 6) is -6.04. The summed E-state index contributed by atoms with van der Waals surface area (Å²) in [5.41, 5.74) is 3.99. The highest BCUT2D eigenvalue weighted by molar-refractivity contribution is 5.95. The number of aliphatic carboxylic acids is 2. The first-order valence-electron chi connectivity index (χ1n) is 7.08. The molecule has 2 fully saturated rings. The van der Waals surface area contributed by atoms with Crippen LogP contribution in [0.5, 0.6) is 0 Å². The first-order chi connectivity index (χ1) is 10.8. The third-order valence-electron chi connectivity index (χ3n) is 4.81. The van der Waals surface area contributed by atoms with Crippen LogP contribution in [-0.2, 0) is 9.59 Å². The molecule has 1 amide bonds. The normalized spacial score (nSPS) is 34.5. The molecule has 23 heavy (non-hydrogen) atoms. The lowest BCUT2D eigenvalue weighted by molar-refractivity contribution is -0.145. The molecule has 122 valence electrons. The van der Waals surface area contributed by atoms with Crippen molar-refractivity contribution in [1.82, 2.24) is 5.32 Å². The summed E-state index contributed by atoms with van der Waals surface area (Å²) in [5, 5.41) is 21.0. The van der Waals surface area contributed by atoms with Gasteiger partial charge in [-0.25, -0.2) is 4.39 Å². The fourth-order valence-electron chi connectivity index (χ4n) is 3.72. The van der Waals surface area contributed by atoms with Crippen molar-refractivity contribution in [2.75, 3.05) is 0 Å². The topological polar surface area (TPSA) is 130 Å². The zero-order valence-corrected chi connectivity index (χ0v) is 11.9. The van der Waals surface area contributed by atoms with Crippen LogP contribution in [0.3, 0.4) is 0 Å². The highest BCUT2D eigenvalue weighted by Crippen LogP contribution is 2.61. The minimum Gasteiger partial charge on any atom is -0.481 e. The van der Waals surface area contributed by atoms with Gasteiger partial charge in [-0.15, -0.1) is 0 Å². The minimum atomic E-state index is -1.69. The molecule has 5 N–H and O–H groups in total. The van der Waals surface area contributed by atoms with Crippen molar-refractivity contribution in [3.63, 3.8) is 0 Å². The van der Waals surface area contributed by atoms with Crippen molar-refractivity contribution < 1.29 is 29.0 Å². The average molecular weight is 322 g/mol. The molecule has 7 nitrogen and oxygen atoms in total. The van der Waals surface area contributed by atoms with Crippen LogP contribution >= 0.6 is 0 Å². The van der Waals surface area contributed by atoms with Gasteiger partial charge in [0, 0.05) is 12.0 Å². The Bertz CT molecular complexity index is 709. The highest BCUT2D eigenvalue weighted by atomic mass is 19.1. The average Bonchev–Trinajstić information content (AvgIpc) is 3.16. The van der Waals surface area contributed by atoms with E-state index in [9.17, 15) is 23.9 Å². The van der Waals surface area contributed by atoms with Crippen LogP contribution in [0.2, 0.25) is 0 Å². The van der Waals surface area contributed by atoms with Crippen molar-refractivity contribution in [2.45, 2.75) is 18.0 Å². The zero-order valence-electron chi connectivity index (χ0n) is 11.9. The Morgan fingerprint density at radius 3 is 2.48 bits per heavy atom. The van der Waals surface area contributed by atoms with Crippen LogP contribution in [0.15, 0.2) is 24.3 Å². The van der Waals surface area contributed by atoms with Crippen molar-refractivity contribution >= 4 is 17.8 Å². The number of benzene rings is 1. The Morgan fingerprint density at radius 2 is 1.91 bits per heavy atom. The second-order valence-electron chi connectivity index (χ2n) is 6.08. The summed E-state index contributed by atoms with van der Waals surface area (Å²) in [4.78, 5) is 34.8. The predicted octanol–water partition coefficient (Wildman–Crippen LogP) is 0.0567. The maximum Gasteiger partial charge on any atom is 0.324 e. The van der Waals surface area contributed by atoms with Crippen LogP contribution in [0.25, 0.3) is 0 Å². The number of halogens is 1. The number of amides is 1. The largest absolute Gasteiger partial charge is 0.481 e. The third kappa shape index (κ3) is 2.26. The van der Waals surface area contributed by atoms with E-state index in [0.29, 0.717) is 0 Å². The smallest absolute Gasteiger partial charge is 0.324 e. The van der Waals surface area contributed by atoms with E-state index in [2.05, 4.69) is 5.32 Å². The molecule has 0 aromatic heterocycles. The first kappa shape index (κ1) is 15.4. The predicted molar refractivity (Wildman–Crippen MR) is 74.9 cm³/mol. The van der Waals surface area contributed by atoms with Crippen LogP contribution in [0.4, 0.5) is 4.39 Å². The van der Waals surface area contributed by atoms with Crippen molar-refractivity contribution in [2.24, 2.45) is 23.5 Å². The van der Waals surface area contributed by atoms with Gasteiger partial charge in [-0.3, -0.25) is 14.4 Å². The lowest BCUT2D eigenvalue weighted by atomic mass is 9.90. The van der Waals surface area contributed by atoms with Crippen LogP contribution in [-0.4, -0.2) is 39.6 Å². The van der Waals surface area contributed by atoms with Gasteiger partial charge in [0.1, 0.15) is 11.4 Å². The molecule has 5 atom stereocenters. The van der Waals surface area contributed by atoms with E-state index in [1.165, 1.54) is 18.2 Å². The Labute approximate surface area is 130 Å². The summed E-state index contributed by atoms with van der Waals surface area (Å²) in [6.45, 7) is 0. The van der Waals surface area contributed by atoms with Crippen LogP contribution in [0.1, 0.15) is 16.8 Å². The number of nitrogens with two attached hydrogens (primary N) is 1. The molecular weight excluding hydrogens is 307 g/mol. The van der Waals surface area contributed by atoms with Gasteiger partial charge in [0.2, 0.25) is 0 Å². The maximum absolute atomic E-state index is 13.6. The van der Waals surface area contributed by atoms with Gasteiger partial charge < -0.3 is 21.3 Å². The highest BCUT2D eigenvalue weighted by Gasteiger charge is 2.74. The zero-order chi connectivity index (χ0) is 16.9. The quantitative estimate of drug-likeness (QED) is 0.620. The standard InChI is InChI=1S/C15H15FN2O5/c16-7-4-2-1-3-6(7)12(19)18-8-5-15(17,14(22)23)11-9(8)10(11)13(20)21/h1-4,8-11H,5,17H2,(H,18,19)(H,20,21)(H,22,23). The molecule has 2 aliphatic carbocycles. The molecule has 0 bridgehead atoms. The van der Waals surface area contributed by atoms with Crippen molar-refractivity contribution in [1.29, 1.82) is 0 Å². The van der Waals surface area contributed by atoms with Gasteiger partial charge in [0.25, 0.3) is 5.91 Å². The van der Waals surface area contributed by atoms with Gasteiger partial charge in [-0.05, 0) is 24.5 Å². The van der Waals surface area contributed by atoms with E-state index in [1.807, 2.05) is 0 Å². The van der Waals surface area contributed by atoms with Gasteiger partial charge in [0.05, 0.1) is 11.5 Å². The molecule has 8 heteroatoms. The summed E-state index contributed by atoms with van der Waals surface area (Å²) >= 11 is 0. The molecule has 1 aromatic carbocycles. The van der Waals surface area contributed by atoms with Crippen molar-refractivity contribution in [3.8, 4) is 0 Å². The monoisotopic (exact) mass is 322 g/mol. The van der Waals surface area contributed by atoms with E-state index in [4.69, 9.17) is 10.8 Å². The Kier molecular flexibility index (Phi) is 3.36. The maximum atomic E-state index is 13.6. The summed E-state index contributed by atoms with van der Waals surface area (Å²) < 4.78 is 13.6. The van der Waals surface area contributed by atoms with Gasteiger partial charge in [-0.1, -0.05) is 12.1 Å². The number of hydrogen-bond donors (Lipinski definition) is 4. The lowest BCUT2D eigenvalue weighted by Crippen LogP contribution is -2.52. The summed E-state index contributed by atoms with van der Waals surface area (Å²) in [6, 6.07) is 4.65. The van der Waals surface area contributed by atoms with Crippen molar-refractivity contribution in [3.05, 3.63) is 35.6 Å². The van der Waals surface area contributed by atoms with E-state index >= 15 is 0 Å². The number of hydrogen-bond acceptors (Lipinski definition) is 4. The molecule has 5 unspecified atom stereocenters. The van der Waals surface area contributed by atoms with Crippen LogP contribution < -0.4 is 11.1 Å². The molecule has 2 saturated carbocycles. The molecule has 0 saturated heterocycles. The summed E-state index contributed by atoms with van der Waals surface area (Å²) in [7, 11) is 0. The fraction of sp³-hybridized carbons (Fsp3) is 0.400. The molecule has 0 spiro atoms. The minimum absolute atomic E-state index is 0.0817. The molecule has 0 heterocycles. The Balaban J connectivity index is 1.82. The number of nitrogens with one attached hydrogen (secondary N) is 1. The van der Waals surface area contributed by atoms with Gasteiger partial charge in [0.15, 0.2) is 0 Å². The van der Waals surface area contributed by atoms with E-state index in [1.54, 1.807) is 0 Å². The summed E-state index contributed by atoms with van der Waals surface area (Å²) in [6.07, 6.45) is -0.0817. The number of rotatable bonds is 4. The second-order valence-corrected chi connectivity index (χ2v) is 6.08. The molecule has 0 radical (unpaired) electrons. The Hall–Kier alpha value is -2.48. The number of carboxylic acid groups (broad SMARTS) is 2. The third-order valence-corrected chi connectivity index (χ3v) is 4.81. The second kappa shape index (κ2) is 5.02. The van der Waals surface area contributed by atoms with E-state index in [0.717, 1.165) is 6.07 Å². The molecule has 3 rings (SSSR count). The molecular formula is C15H15FN2O5. The fourth-order valence-corrected chi connectivity index (χ4v) is 3.72. The molecule has 2 aliphatic rings. The molecule has 0 aliphatic heterocycles. The SMILES string of the molecule is NC1(C(=O)O)CC(NC(=O)c2ccccc2F)C2C(C(=O)O)C21. The number of carboxylic acids is 2. The lowest BCUT2D eigenvalue weighted by Gasteiger charge is -2.25. The Morgan fingerprint density at radius 1 is 1.26 bits per heavy atom. The van der Waals surface area contributed by atoms with E-state index in [-0.39, 0.29) is 12.0 Å². The number of fused-ring (bicyclic) bond motifs is 1.